The molecule has 4 aromatic carbocycles. The fraction of sp³-hybridized carbons (Fsp3) is 0.216. The number of nitrogens with one attached hydrogen (secondary N) is 2. The summed E-state index contributed by atoms with van der Waals surface area (Å²) in [6.45, 7) is 0.858. The monoisotopic (exact) mass is 622 g/mol. The molecular weight excluding hydrogens is 586 g/mol. The molecule has 0 atom stereocenters. The molecule has 0 bridgehead atoms. The second kappa shape index (κ2) is 14.3. The number of nitrogens with zero attached hydrogens (tertiary/aromatic N) is 2. The van der Waals surface area contributed by atoms with Crippen molar-refractivity contribution in [2.24, 2.45) is 0 Å². The molecule has 0 unspecified atom stereocenters. The number of anilines is 2. The van der Waals surface area contributed by atoms with Crippen molar-refractivity contribution >= 4 is 34.7 Å². The number of para-hydroxylation sites is 1. The van der Waals surface area contributed by atoms with Gasteiger partial charge in [0.2, 0.25) is 5.91 Å². The SMILES string of the molecule is CN(C)CCCNC(=O)/C=C1/c2ccccc2N(C(=O)c2ccc(NC(=O)c3ccccc3-c3ccccc3)cc2)CCC1(F)F. The highest BCUT2D eigenvalue weighted by Crippen LogP contribution is 2.43. The third kappa shape index (κ3) is 7.55. The molecule has 0 fully saturated rings. The van der Waals surface area contributed by atoms with Crippen molar-refractivity contribution in [2.45, 2.75) is 18.8 Å². The molecule has 3 amide bonds. The topological polar surface area (TPSA) is 81.8 Å². The third-order valence-electron chi connectivity index (χ3n) is 7.78. The van der Waals surface area contributed by atoms with Crippen LogP contribution in [0, 0.1) is 0 Å². The van der Waals surface area contributed by atoms with Gasteiger partial charge in [0, 0.05) is 53.5 Å². The highest BCUT2D eigenvalue weighted by molar-refractivity contribution is 6.11. The van der Waals surface area contributed by atoms with E-state index in [0.717, 1.165) is 23.7 Å². The normalized spacial score (nSPS) is 14.8. The molecule has 9 heteroatoms. The van der Waals surface area contributed by atoms with Crippen LogP contribution in [0.2, 0.25) is 0 Å². The molecule has 0 saturated heterocycles. The number of allylic oxidation sites excluding steroid dienone is 1. The van der Waals surface area contributed by atoms with Crippen LogP contribution in [0.15, 0.2) is 109 Å². The van der Waals surface area contributed by atoms with Gasteiger partial charge in [-0.05, 0) is 74.6 Å². The van der Waals surface area contributed by atoms with Gasteiger partial charge < -0.3 is 20.4 Å². The van der Waals surface area contributed by atoms with Gasteiger partial charge in [0.15, 0.2) is 0 Å². The van der Waals surface area contributed by atoms with E-state index in [9.17, 15) is 14.4 Å². The fourth-order valence-corrected chi connectivity index (χ4v) is 5.43. The molecule has 1 aliphatic rings. The molecule has 0 radical (unpaired) electrons. The Hall–Kier alpha value is -5.15. The molecule has 1 heterocycles. The van der Waals surface area contributed by atoms with Gasteiger partial charge in [-0.1, -0.05) is 66.7 Å². The predicted octanol–water partition coefficient (Wildman–Crippen LogP) is 6.74. The molecule has 4 aromatic rings. The lowest BCUT2D eigenvalue weighted by atomic mass is 9.97. The second-order valence-electron chi connectivity index (χ2n) is 11.4. The molecule has 7 nitrogen and oxygen atoms in total. The van der Waals surface area contributed by atoms with Crippen molar-refractivity contribution in [3.63, 3.8) is 0 Å². The van der Waals surface area contributed by atoms with Crippen LogP contribution >= 0.6 is 0 Å². The van der Waals surface area contributed by atoms with Gasteiger partial charge in [0.25, 0.3) is 17.7 Å². The first-order chi connectivity index (χ1) is 22.1. The zero-order chi connectivity index (χ0) is 32.7. The maximum absolute atomic E-state index is 15.5. The first-order valence-electron chi connectivity index (χ1n) is 15.1. The van der Waals surface area contributed by atoms with Crippen LogP contribution < -0.4 is 15.5 Å². The van der Waals surface area contributed by atoms with E-state index in [1.807, 2.05) is 61.5 Å². The van der Waals surface area contributed by atoms with Crippen LogP contribution in [0.4, 0.5) is 20.2 Å². The van der Waals surface area contributed by atoms with E-state index in [0.29, 0.717) is 29.9 Å². The number of hydrogen-bond donors (Lipinski definition) is 2. The van der Waals surface area contributed by atoms with Gasteiger partial charge in [-0.25, -0.2) is 8.78 Å². The Bertz CT molecular complexity index is 1740. The Labute approximate surface area is 267 Å². The van der Waals surface area contributed by atoms with Crippen molar-refractivity contribution in [2.75, 3.05) is 43.9 Å². The van der Waals surface area contributed by atoms with Crippen LogP contribution in [0.5, 0.6) is 0 Å². The van der Waals surface area contributed by atoms with Crippen molar-refractivity contribution in [3.05, 3.63) is 126 Å². The summed E-state index contributed by atoms with van der Waals surface area (Å²) in [4.78, 5) is 42.9. The summed E-state index contributed by atoms with van der Waals surface area (Å²) >= 11 is 0. The number of benzene rings is 4. The minimum absolute atomic E-state index is 0.128. The number of amides is 3. The van der Waals surface area contributed by atoms with Crippen LogP contribution in [0.25, 0.3) is 16.7 Å². The number of hydrogen-bond acceptors (Lipinski definition) is 4. The van der Waals surface area contributed by atoms with E-state index in [-0.39, 0.29) is 23.6 Å². The Morgan fingerprint density at radius 3 is 2.22 bits per heavy atom. The summed E-state index contributed by atoms with van der Waals surface area (Å²) in [6.07, 6.45) is 0.985. The largest absolute Gasteiger partial charge is 0.352 e. The van der Waals surface area contributed by atoms with Gasteiger partial charge in [-0.3, -0.25) is 14.4 Å². The molecule has 236 valence electrons. The van der Waals surface area contributed by atoms with Crippen LogP contribution in [0.3, 0.4) is 0 Å². The van der Waals surface area contributed by atoms with Crippen molar-refractivity contribution < 1.29 is 23.2 Å². The maximum Gasteiger partial charge on any atom is 0.275 e. The standard InChI is InChI=1S/C37H36F2N4O3/c1-42(2)23-10-22-40-34(44)25-32-31-15-8-9-16-33(31)43(24-21-37(32,38)39)36(46)27-17-19-28(20-18-27)41-35(45)30-14-7-6-13-29(30)26-11-4-3-5-12-26/h3-9,11-20,25H,10,21-24H2,1-2H3,(H,40,44)(H,41,45)/b32-25-. The Morgan fingerprint density at radius 1 is 0.848 bits per heavy atom. The molecule has 0 aromatic heterocycles. The van der Waals surface area contributed by atoms with E-state index in [2.05, 4.69) is 10.6 Å². The minimum atomic E-state index is -3.34. The molecule has 1 aliphatic heterocycles. The smallest absolute Gasteiger partial charge is 0.275 e. The van der Waals surface area contributed by atoms with E-state index in [1.165, 1.54) is 11.0 Å². The van der Waals surface area contributed by atoms with E-state index in [1.54, 1.807) is 54.6 Å². The van der Waals surface area contributed by atoms with Gasteiger partial charge in [0.1, 0.15) is 0 Å². The summed E-state index contributed by atoms with van der Waals surface area (Å²) in [7, 11) is 3.83. The second-order valence-corrected chi connectivity index (χ2v) is 11.4. The van der Waals surface area contributed by atoms with Crippen LogP contribution in [-0.4, -0.2) is 62.3 Å². The Morgan fingerprint density at radius 2 is 1.50 bits per heavy atom. The summed E-state index contributed by atoms with van der Waals surface area (Å²) in [5.74, 6) is -4.71. The molecule has 0 spiro atoms. The van der Waals surface area contributed by atoms with Crippen molar-refractivity contribution in [3.8, 4) is 11.1 Å². The quantitative estimate of drug-likeness (QED) is 0.160. The van der Waals surface area contributed by atoms with E-state index in [4.69, 9.17) is 0 Å². The lowest BCUT2D eigenvalue weighted by Crippen LogP contribution is -2.33. The zero-order valence-electron chi connectivity index (χ0n) is 25.8. The number of fused-ring (bicyclic) bond motifs is 1. The number of halogens is 2. The first-order valence-corrected chi connectivity index (χ1v) is 15.1. The van der Waals surface area contributed by atoms with Gasteiger partial charge in [-0.15, -0.1) is 0 Å². The third-order valence-corrected chi connectivity index (χ3v) is 7.78. The van der Waals surface area contributed by atoms with Gasteiger partial charge in [0.05, 0.1) is 5.69 Å². The molecular formula is C37H36F2N4O3. The summed E-state index contributed by atoms with van der Waals surface area (Å²) in [5, 5.41) is 5.58. The van der Waals surface area contributed by atoms with Gasteiger partial charge >= 0.3 is 0 Å². The number of carbonyl (C=O) groups is 3. The number of rotatable bonds is 9. The minimum Gasteiger partial charge on any atom is -0.352 e. The first kappa shape index (κ1) is 32.2. The molecule has 46 heavy (non-hydrogen) atoms. The zero-order valence-corrected chi connectivity index (χ0v) is 25.8. The Kier molecular flexibility index (Phi) is 10.0. The highest BCUT2D eigenvalue weighted by Gasteiger charge is 2.41. The summed E-state index contributed by atoms with van der Waals surface area (Å²) in [5.41, 5.74) is 2.96. The van der Waals surface area contributed by atoms with Gasteiger partial charge in [-0.2, -0.15) is 0 Å². The van der Waals surface area contributed by atoms with E-state index < -0.39 is 29.7 Å². The number of alkyl halides is 2. The van der Waals surface area contributed by atoms with Crippen LogP contribution in [0.1, 0.15) is 39.1 Å². The number of carbonyl (C=O) groups excluding carboxylic acids is 3. The fourth-order valence-electron chi connectivity index (χ4n) is 5.43. The maximum atomic E-state index is 15.5. The summed E-state index contributed by atoms with van der Waals surface area (Å²) < 4.78 is 31.0. The lowest BCUT2D eigenvalue weighted by molar-refractivity contribution is -0.116. The predicted molar refractivity (Wildman–Crippen MR) is 178 cm³/mol. The lowest BCUT2D eigenvalue weighted by Gasteiger charge is -2.23. The molecule has 2 N–H and O–H groups in total. The highest BCUT2D eigenvalue weighted by atomic mass is 19.3. The molecule has 5 rings (SSSR count). The van der Waals surface area contributed by atoms with Crippen molar-refractivity contribution in [1.82, 2.24) is 10.2 Å². The average molecular weight is 623 g/mol. The van der Waals surface area contributed by atoms with E-state index >= 15 is 8.78 Å². The molecule has 0 saturated carbocycles. The van der Waals surface area contributed by atoms with Crippen LogP contribution in [-0.2, 0) is 4.79 Å². The summed E-state index contributed by atoms with van der Waals surface area (Å²) in [6, 6.07) is 29.6. The molecule has 0 aliphatic carbocycles. The average Bonchev–Trinajstić information content (AvgIpc) is 3.17. The van der Waals surface area contributed by atoms with Crippen molar-refractivity contribution in [1.29, 1.82) is 0 Å². The Balaban J connectivity index is 1.34.